The van der Waals surface area contributed by atoms with Crippen molar-refractivity contribution in [1.82, 2.24) is 19.9 Å². The first kappa shape index (κ1) is 20.0. The molecule has 0 saturated heterocycles. The predicted octanol–water partition coefficient (Wildman–Crippen LogP) is 3.22. The second-order valence-corrected chi connectivity index (χ2v) is 8.18. The Kier molecular flexibility index (Phi) is 5.20. The number of fused-ring (bicyclic) bond motifs is 2. The van der Waals surface area contributed by atoms with E-state index in [1.807, 2.05) is 31.2 Å². The second kappa shape index (κ2) is 8.31. The summed E-state index contributed by atoms with van der Waals surface area (Å²) in [6.45, 7) is 3.08. The summed E-state index contributed by atoms with van der Waals surface area (Å²) in [6.07, 6.45) is 0. The number of hydrogen-bond donors (Lipinski definition) is 2. The van der Waals surface area contributed by atoms with Gasteiger partial charge < -0.3 is 20.1 Å². The van der Waals surface area contributed by atoms with Crippen molar-refractivity contribution < 1.29 is 14.3 Å². The lowest BCUT2D eigenvalue weighted by Gasteiger charge is -2.19. The maximum absolute atomic E-state index is 12.5. The average molecular weight is 449 g/mol. The summed E-state index contributed by atoms with van der Waals surface area (Å²) >= 11 is 1.32. The van der Waals surface area contributed by atoms with E-state index < -0.39 is 6.03 Å². The molecule has 0 spiro atoms. The van der Waals surface area contributed by atoms with Gasteiger partial charge in [0.05, 0.1) is 12.2 Å². The number of rotatable bonds is 4. The van der Waals surface area contributed by atoms with Crippen LogP contribution in [0, 0.1) is 6.92 Å². The van der Waals surface area contributed by atoms with Gasteiger partial charge in [-0.25, -0.2) is 9.78 Å². The van der Waals surface area contributed by atoms with E-state index in [0.717, 1.165) is 11.1 Å². The van der Waals surface area contributed by atoms with Crippen molar-refractivity contribution in [3.63, 3.8) is 0 Å². The van der Waals surface area contributed by atoms with Crippen LogP contribution in [0.5, 0.6) is 11.5 Å². The minimum atomic E-state index is -0.423. The van der Waals surface area contributed by atoms with Crippen LogP contribution in [0.2, 0.25) is 0 Å². The van der Waals surface area contributed by atoms with Crippen LogP contribution < -0.4 is 25.7 Å². The molecule has 4 aromatic rings. The standard InChI is InChI=1S/C22H19N5O4S/c1-13-2-4-14(5-3-13)20-26-27-19(28)11-16(25-22(27)32-20)12-23-21(29)24-15-6-7-17-18(10-15)31-9-8-30-17/h2-7,10-11H,8-9,12H2,1H3,(H2,23,24,29). The number of anilines is 1. The summed E-state index contributed by atoms with van der Waals surface area (Å²) in [7, 11) is 0. The summed E-state index contributed by atoms with van der Waals surface area (Å²) in [6, 6.07) is 14.0. The highest BCUT2D eigenvalue weighted by Gasteiger charge is 2.14. The molecule has 0 bridgehead atoms. The lowest BCUT2D eigenvalue weighted by molar-refractivity contribution is 0.171. The maximum Gasteiger partial charge on any atom is 0.319 e. The Morgan fingerprint density at radius 3 is 2.69 bits per heavy atom. The number of carbonyl (C=O) groups is 1. The molecule has 2 aromatic heterocycles. The molecule has 162 valence electrons. The Morgan fingerprint density at radius 2 is 1.88 bits per heavy atom. The SMILES string of the molecule is Cc1ccc(-c2nn3c(=O)cc(CNC(=O)Nc4ccc5c(c4)OCCO5)nc3s2)cc1. The molecule has 1 aliphatic heterocycles. The van der Waals surface area contributed by atoms with Crippen LogP contribution in [-0.2, 0) is 6.54 Å². The van der Waals surface area contributed by atoms with Crippen molar-refractivity contribution in [2.24, 2.45) is 0 Å². The van der Waals surface area contributed by atoms with Crippen LogP contribution in [0.15, 0.2) is 53.3 Å². The smallest absolute Gasteiger partial charge is 0.319 e. The van der Waals surface area contributed by atoms with Gasteiger partial charge in [-0.2, -0.15) is 9.61 Å². The fourth-order valence-corrected chi connectivity index (χ4v) is 4.16. The first-order valence-corrected chi connectivity index (χ1v) is 10.8. The number of nitrogens with one attached hydrogen (secondary N) is 2. The molecule has 0 saturated carbocycles. The van der Waals surface area contributed by atoms with Gasteiger partial charge in [0.15, 0.2) is 11.5 Å². The monoisotopic (exact) mass is 449 g/mol. The summed E-state index contributed by atoms with van der Waals surface area (Å²) in [5.74, 6) is 1.23. The van der Waals surface area contributed by atoms with Crippen molar-refractivity contribution in [3.8, 4) is 22.1 Å². The van der Waals surface area contributed by atoms with E-state index in [2.05, 4.69) is 20.7 Å². The number of aryl methyl sites for hydroxylation is 1. The fourth-order valence-electron chi connectivity index (χ4n) is 3.23. The first-order valence-electron chi connectivity index (χ1n) is 9.96. The highest BCUT2D eigenvalue weighted by molar-refractivity contribution is 7.19. The van der Waals surface area contributed by atoms with Gasteiger partial charge in [-0.05, 0) is 19.1 Å². The number of urea groups is 1. The van der Waals surface area contributed by atoms with Crippen LogP contribution in [-0.4, -0.2) is 33.8 Å². The number of aromatic nitrogens is 3. The van der Waals surface area contributed by atoms with E-state index in [9.17, 15) is 9.59 Å². The normalized spacial score (nSPS) is 12.5. The Morgan fingerprint density at radius 1 is 1.09 bits per heavy atom. The summed E-state index contributed by atoms with van der Waals surface area (Å²) < 4.78 is 12.3. The summed E-state index contributed by atoms with van der Waals surface area (Å²) in [5.41, 5.74) is 2.79. The van der Waals surface area contributed by atoms with Crippen molar-refractivity contribution in [1.29, 1.82) is 0 Å². The van der Waals surface area contributed by atoms with Gasteiger partial charge in [0, 0.05) is 23.4 Å². The number of ether oxygens (including phenoxy) is 2. The van der Waals surface area contributed by atoms with Gasteiger partial charge >= 0.3 is 6.03 Å². The average Bonchev–Trinajstić information content (AvgIpc) is 3.23. The molecule has 9 nitrogen and oxygen atoms in total. The van der Waals surface area contributed by atoms with Gasteiger partial charge in [-0.15, -0.1) is 0 Å². The van der Waals surface area contributed by atoms with Gasteiger partial charge in [0.2, 0.25) is 4.96 Å². The van der Waals surface area contributed by atoms with Crippen LogP contribution >= 0.6 is 11.3 Å². The molecule has 1 aliphatic rings. The Labute approximate surface area is 186 Å². The molecule has 0 atom stereocenters. The number of nitrogens with zero attached hydrogens (tertiary/aromatic N) is 3. The minimum absolute atomic E-state index is 0.0971. The maximum atomic E-state index is 12.5. The third-order valence-corrected chi connectivity index (χ3v) is 5.78. The lowest BCUT2D eigenvalue weighted by Crippen LogP contribution is -2.29. The molecule has 0 unspecified atom stereocenters. The highest BCUT2D eigenvalue weighted by atomic mass is 32.1. The largest absolute Gasteiger partial charge is 0.486 e. The van der Waals surface area contributed by atoms with Gasteiger partial charge in [-0.3, -0.25) is 4.79 Å². The molecule has 2 aromatic carbocycles. The van der Waals surface area contributed by atoms with E-state index in [4.69, 9.17) is 9.47 Å². The van der Waals surface area contributed by atoms with Crippen molar-refractivity contribution >= 4 is 28.0 Å². The van der Waals surface area contributed by atoms with Crippen LogP contribution in [0.4, 0.5) is 10.5 Å². The molecule has 0 radical (unpaired) electrons. The molecule has 0 aliphatic carbocycles. The van der Waals surface area contributed by atoms with Crippen molar-refractivity contribution in [3.05, 3.63) is 70.1 Å². The number of hydrogen-bond acceptors (Lipinski definition) is 7. The van der Waals surface area contributed by atoms with Gasteiger partial charge in [0.1, 0.15) is 18.2 Å². The molecule has 5 rings (SSSR count). The zero-order valence-electron chi connectivity index (χ0n) is 17.1. The van der Waals surface area contributed by atoms with E-state index in [1.165, 1.54) is 21.9 Å². The van der Waals surface area contributed by atoms with E-state index >= 15 is 0 Å². The molecular weight excluding hydrogens is 430 g/mol. The Balaban J connectivity index is 1.28. The second-order valence-electron chi connectivity index (χ2n) is 7.22. The van der Waals surface area contributed by atoms with E-state index in [0.29, 0.717) is 46.1 Å². The Bertz CT molecular complexity index is 1360. The predicted molar refractivity (Wildman–Crippen MR) is 121 cm³/mol. The van der Waals surface area contributed by atoms with Gasteiger partial charge in [0.25, 0.3) is 5.56 Å². The zero-order chi connectivity index (χ0) is 22.1. The molecule has 32 heavy (non-hydrogen) atoms. The summed E-state index contributed by atoms with van der Waals surface area (Å²) in [5, 5.41) is 10.5. The van der Waals surface area contributed by atoms with Crippen LogP contribution in [0.1, 0.15) is 11.3 Å². The number of benzene rings is 2. The molecule has 10 heteroatoms. The third kappa shape index (κ3) is 4.12. The fraction of sp³-hybridized carbons (Fsp3) is 0.182. The van der Waals surface area contributed by atoms with E-state index in [1.54, 1.807) is 18.2 Å². The minimum Gasteiger partial charge on any atom is -0.486 e. The zero-order valence-corrected chi connectivity index (χ0v) is 17.9. The first-order chi connectivity index (χ1) is 15.5. The quantitative estimate of drug-likeness (QED) is 0.496. The van der Waals surface area contributed by atoms with Crippen molar-refractivity contribution in [2.45, 2.75) is 13.5 Å². The molecule has 2 N–H and O–H groups in total. The molecule has 0 fully saturated rings. The number of carbonyl (C=O) groups excluding carboxylic acids is 1. The van der Waals surface area contributed by atoms with Crippen LogP contribution in [0.3, 0.4) is 0 Å². The summed E-state index contributed by atoms with van der Waals surface area (Å²) in [4.78, 5) is 29.7. The van der Waals surface area contributed by atoms with E-state index in [-0.39, 0.29) is 12.1 Å². The Hall–Kier alpha value is -3.92. The van der Waals surface area contributed by atoms with Crippen molar-refractivity contribution in [2.75, 3.05) is 18.5 Å². The molecule has 2 amide bonds. The third-order valence-electron chi connectivity index (χ3n) is 4.83. The lowest BCUT2D eigenvalue weighted by atomic mass is 10.2. The number of amides is 2. The molecule has 3 heterocycles. The van der Waals surface area contributed by atoms with Gasteiger partial charge in [-0.1, -0.05) is 41.2 Å². The van der Waals surface area contributed by atoms with Crippen LogP contribution in [0.25, 0.3) is 15.5 Å². The topological polar surface area (TPSA) is 107 Å². The highest BCUT2D eigenvalue weighted by Crippen LogP contribution is 2.32. The molecular formula is C22H19N5O4S.